The molecule has 200 valence electrons. The van der Waals surface area contributed by atoms with Gasteiger partial charge in [-0.25, -0.2) is 9.97 Å². The normalized spacial score (nSPS) is 19.3. The fourth-order valence-electron chi connectivity index (χ4n) is 5.33. The summed E-state index contributed by atoms with van der Waals surface area (Å²) in [5, 5.41) is 9.86. The number of aromatic nitrogens is 2. The number of hydrogen-bond acceptors (Lipinski definition) is 5. The molecule has 0 spiro atoms. The smallest absolute Gasteiger partial charge is 0.314 e. The van der Waals surface area contributed by atoms with Crippen LogP contribution in [0.25, 0.3) is 11.4 Å². The number of rotatable bonds is 15. The van der Waals surface area contributed by atoms with Gasteiger partial charge >= 0.3 is 5.97 Å². The number of hydrogen-bond donors (Lipinski definition) is 0. The molecule has 0 bridgehead atoms. The molecule has 0 atom stereocenters. The fraction of sp³-hybridized carbons (Fsp3) is 0.625. The number of ether oxygens (including phenoxy) is 1. The maximum atomic E-state index is 12.8. The molecule has 0 radical (unpaired) electrons. The lowest BCUT2D eigenvalue weighted by atomic mass is 9.69. The lowest BCUT2D eigenvalue weighted by Gasteiger charge is -2.34. The predicted molar refractivity (Wildman–Crippen MR) is 149 cm³/mol. The van der Waals surface area contributed by atoms with Crippen LogP contribution in [0.1, 0.15) is 116 Å². The van der Waals surface area contributed by atoms with Crippen molar-refractivity contribution in [1.29, 1.82) is 5.26 Å². The second-order valence-corrected chi connectivity index (χ2v) is 10.9. The highest BCUT2D eigenvalue weighted by Gasteiger charge is 2.38. The van der Waals surface area contributed by atoms with Gasteiger partial charge in [-0.05, 0) is 74.8 Å². The van der Waals surface area contributed by atoms with Crippen LogP contribution in [0, 0.1) is 22.7 Å². The van der Waals surface area contributed by atoms with E-state index >= 15 is 0 Å². The van der Waals surface area contributed by atoms with Crippen molar-refractivity contribution in [1.82, 2.24) is 9.97 Å². The Labute approximate surface area is 224 Å². The number of carbonyl (C=O) groups is 1. The standard InChI is InChI=1S/C32H45N3O2/c1-3-5-7-9-10-12-20-32(25-33)21-18-28(19-22-32)31(36)37-29-16-14-27(15-17-29)30-34-23-26(24-35-30)13-11-8-6-4-2/h14-17,23-24,28H,3-13,18-22H2,1-2H3/t28-,32-. The largest absolute Gasteiger partial charge is 0.426 e. The Kier molecular flexibility index (Phi) is 12.1. The van der Waals surface area contributed by atoms with Gasteiger partial charge in [0.25, 0.3) is 0 Å². The second-order valence-electron chi connectivity index (χ2n) is 10.9. The molecule has 1 aliphatic carbocycles. The minimum Gasteiger partial charge on any atom is -0.426 e. The summed E-state index contributed by atoms with van der Waals surface area (Å²) in [6.45, 7) is 4.45. The SMILES string of the molecule is CCCCCCCC[C@]1(C#N)CC[C@H](C(=O)Oc2ccc(-c3ncc(CCCCCC)cn3)cc2)CC1. The lowest BCUT2D eigenvalue weighted by molar-refractivity contribution is -0.140. The molecule has 1 saturated carbocycles. The first kappa shape index (κ1) is 28.8. The van der Waals surface area contributed by atoms with E-state index in [1.54, 1.807) is 0 Å². The summed E-state index contributed by atoms with van der Waals surface area (Å²) in [6, 6.07) is 10.0. The molecule has 1 aliphatic rings. The predicted octanol–water partition coefficient (Wildman–Crippen LogP) is 8.62. The van der Waals surface area contributed by atoms with Crippen LogP contribution in [-0.2, 0) is 11.2 Å². The third kappa shape index (κ3) is 9.26. The molecule has 0 aliphatic heterocycles. The highest BCUT2D eigenvalue weighted by Crippen LogP contribution is 2.43. The van der Waals surface area contributed by atoms with E-state index in [9.17, 15) is 10.1 Å². The summed E-state index contributed by atoms with van der Waals surface area (Å²) in [6.07, 6.45) is 21.2. The maximum Gasteiger partial charge on any atom is 0.314 e. The highest BCUT2D eigenvalue weighted by molar-refractivity contribution is 5.75. The Morgan fingerprint density at radius 2 is 1.51 bits per heavy atom. The monoisotopic (exact) mass is 503 g/mol. The molecule has 1 fully saturated rings. The van der Waals surface area contributed by atoms with E-state index in [4.69, 9.17) is 4.74 Å². The molecule has 1 aromatic heterocycles. The van der Waals surface area contributed by atoms with E-state index < -0.39 is 0 Å². The quantitative estimate of drug-likeness (QED) is 0.138. The molecule has 5 heteroatoms. The van der Waals surface area contributed by atoms with Gasteiger partial charge in [-0.1, -0.05) is 71.6 Å². The molecule has 3 rings (SSSR count). The Bertz CT molecular complexity index is 971. The number of unbranched alkanes of at least 4 members (excludes halogenated alkanes) is 8. The molecular formula is C32H45N3O2. The summed E-state index contributed by atoms with van der Waals surface area (Å²) in [4.78, 5) is 21.9. The summed E-state index contributed by atoms with van der Waals surface area (Å²) in [5.74, 6) is 0.924. The van der Waals surface area contributed by atoms with E-state index in [0.29, 0.717) is 11.6 Å². The Morgan fingerprint density at radius 1 is 0.919 bits per heavy atom. The van der Waals surface area contributed by atoms with Crippen molar-refractivity contribution < 1.29 is 9.53 Å². The van der Waals surface area contributed by atoms with Crippen LogP contribution in [0.2, 0.25) is 0 Å². The summed E-state index contributed by atoms with van der Waals surface area (Å²) in [5.41, 5.74) is 1.82. The first-order chi connectivity index (χ1) is 18.1. The Hall–Kier alpha value is -2.74. The van der Waals surface area contributed by atoms with Crippen LogP contribution < -0.4 is 4.74 Å². The average Bonchev–Trinajstić information content (AvgIpc) is 2.94. The zero-order chi connectivity index (χ0) is 26.3. The molecule has 0 saturated heterocycles. The van der Waals surface area contributed by atoms with Crippen molar-refractivity contribution in [3.05, 3.63) is 42.2 Å². The first-order valence-electron chi connectivity index (χ1n) is 14.6. The van der Waals surface area contributed by atoms with Crippen LogP contribution in [0.15, 0.2) is 36.7 Å². The first-order valence-corrected chi connectivity index (χ1v) is 14.6. The third-order valence-corrected chi connectivity index (χ3v) is 7.88. The molecule has 0 unspecified atom stereocenters. The zero-order valence-electron chi connectivity index (χ0n) is 23.0. The minimum atomic E-state index is -0.256. The van der Waals surface area contributed by atoms with E-state index in [1.165, 1.54) is 63.4 Å². The van der Waals surface area contributed by atoms with Gasteiger partial charge < -0.3 is 4.74 Å². The van der Waals surface area contributed by atoms with Crippen LogP contribution in [0.4, 0.5) is 0 Å². The van der Waals surface area contributed by atoms with Gasteiger partial charge in [0.15, 0.2) is 5.82 Å². The number of esters is 1. The van der Waals surface area contributed by atoms with E-state index in [2.05, 4.69) is 29.9 Å². The van der Waals surface area contributed by atoms with Crippen molar-refractivity contribution in [2.75, 3.05) is 0 Å². The van der Waals surface area contributed by atoms with Gasteiger partial charge in [-0.2, -0.15) is 5.26 Å². The average molecular weight is 504 g/mol. The third-order valence-electron chi connectivity index (χ3n) is 7.88. The Balaban J connectivity index is 1.44. The van der Waals surface area contributed by atoms with E-state index in [0.717, 1.165) is 50.5 Å². The minimum absolute atomic E-state index is 0.126. The number of benzene rings is 1. The van der Waals surface area contributed by atoms with Crippen LogP contribution in [-0.4, -0.2) is 15.9 Å². The molecule has 1 aromatic carbocycles. The topological polar surface area (TPSA) is 75.9 Å². The summed E-state index contributed by atoms with van der Waals surface area (Å²) < 4.78 is 5.70. The zero-order valence-corrected chi connectivity index (χ0v) is 23.0. The van der Waals surface area contributed by atoms with E-state index in [-0.39, 0.29) is 17.3 Å². The molecule has 5 nitrogen and oxygen atoms in total. The van der Waals surface area contributed by atoms with Crippen molar-refractivity contribution in [3.8, 4) is 23.2 Å². The molecule has 1 heterocycles. The van der Waals surface area contributed by atoms with Crippen molar-refractivity contribution in [2.45, 2.75) is 117 Å². The van der Waals surface area contributed by atoms with Crippen LogP contribution in [0.3, 0.4) is 0 Å². The lowest BCUT2D eigenvalue weighted by Crippen LogP contribution is -2.31. The van der Waals surface area contributed by atoms with Gasteiger partial charge in [0.2, 0.25) is 0 Å². The Morgan fingerprint density at radius 3 is 2.14 bits per heavy atom. The van der Waals surface area contributed by atoms with Crippen LogP contribution in [0.5, 0.6) is 5.75 Å². The van der Waals surface area contributed by atoms with E-state index in [1.807, 2.05) is 36.7 Å². The van der Waals surface area contributed by atoms with Crippen molar-refractivity contribution in [3.63, 3.8) is 0 Å². The number of aryl methyl sites for hydroxylation is 1. The van der Waals surface area contributed by atoms with Gasteiger partial charge in [0, 0.05) is 18.0 Å². The van der Waals surface area contributed by atoms with Gasteiger partial charge in [0.1, 0.15) is 5.75 Å². The highest BCUT2D eigenvalue weighted by atomic mass is 16.5. The van der Waals surface area contributed by atoms with Crippen molar-refractivity contribution in [2.24, 2.45) is 11.3 Å². The number of carbonyl (C=O) groups excluding carboxylic acids is 1. The molecule has 2 aromatic rings. The molecule has 0 N–H and O–H groups in total. The van der Waals surface area contributed by atoms with Gasteiger partial charge in [-0.3, -0.25) is 4.79 Å². The van der Waals surface area contributed by atoms with Crippen LogP contribution >= 0.6 is 0 Å². The summed E-state index contributed by atoms with van der Waals surface area (Å²) >= 11 is 0. The number of nitrogens with zero attached hydrogens (tertiary/aromatic N) is 3. The molecule has 0 amide bonds. The van der Waals surface area contributed by atoms with Crippen molar-refractivity contribution >= 4 is 5.97 Å². The maximum absolute atomic E-state index is 12.8. The molecular weight excluding hydrogens is 458 g/mol. The number of nitriles is 1. The fourth-order valence-corrected chi connectivity index (χ4v) is 5.33. The second kappa shape index (κ2) is 15.5. The molecule has 37 heavy (non-hydrogen) atoms. The van der Waals surface area contributed by atoms with Gasteiger partial charge in [-0.15, -0.1) is 0 Å². The van der Waals surface area contributed by atoms with Gasteiger partial charge in [0.05, 0.1) is 17.4 Å². The summed E-state index contributed by atoms with van der Waals surface area (Å²) in [7, 11) is 0.